The van der Waals surface area contributed by atoms with Gasteiger partial charge in [0.2, 0.25) is 0 Å². The van der Waals surface area contributed by atoms with Gasteiger partial charge in [-0.15, -0.1) is 0 Å². The fourth-order valence-corrected chi connectivity index (χ4v) is 2.11. The highest BCUT2D eigenvalue weighted by molar-refractivity contribution is 4.80. The van der Waals surface area contributed by atoms with Crippen LogP contribution in [0.1, 0.15) is 72.6 Å². The molecule has 0 nitrogen and oxygen atoms in total. The molecule has 0 fully saturated rings. The van der Waals surface area contributed by atoms with Crippen molar-refractivity contribution in [1.82, 2.24) is 0 Å². The number of hydrogen-bond acceptors (Lipinski definition) is 0. The first-order chi connectivity index (χ1) is 6.74. The smallest absolute Gasteiger partial charge is 0.0327 e. The van der Waals surface area contributed by atoms with Gasteiger partial charge < -0.3 is 0 Å². The van der Waals surface area contributed by atoms with Crippen LogP contribution in [0.5, 0.6) is 0 Å². The predicted molar refractivity (Wildman–Crippen MR) is 66.3 cm³/mol. The van der Waals surface area contributed by atoms with Crippen LogP contribution in [0.3, 0.4) is 0 Å². The van der Waals surface area contributed by atoms with Gasteiger partial charge in [0.15, 0.2) is 0 Å². The van der Waals surface area contributed by atoms with Crippen molar-refractivity contribution in [2.24, 2.45) is 11.8 Å². The standard InChI is InChI=1S/C14H29/c1-5-8-9-11-14(7-3)12-13(4)10-6-2/h12-14H,5-11H2,1-4H3. The molecule has 1 radical (unpaired) electrons. The van der Waals surface area contributed by atoms with Crippen LogP contribution in [0.2, 0.25) is 0 Å². The van der Waals surface area contributed by atoms with E-state index in [1.165, 1.54) is 44.9 Å². The average Bonchev–Trinajstić information content (AvgIpc) is 2.17. The molecule has 2 atom stereocenters. The minimum absolute atomic E-state index is 0.826. The van der Waals surface area contributed by atoms with Crippen LogP contribution < -0.4 is 0 Å². The molecule has 0 aliphatic carbocycles. The molecule has 0 aromatic rings. The molecule has 0 heteroatoms. The summed E-state index contributed by atoms with van der Waals surface area (Å²) < 4.78 is 0. The normalized spacial score (nSPS) is 15.4. The predicted octanol–water partition coefficient (Wildman–Crippen LogP) is 5.23. The Bertz CT molecular complexity index is 107. The van der Waals surface area contributed by atoms with E-state index in [1.807, 2.05) is 0 Å². The quantitative estimate of drug-likeness (QED) is 0.444. The summed E-state index contributed by atoms with van der Waals surface area (Å²) in [6, 6.07) is 0. The first-order valence-electron chi connectivity index (χ1n) is 6.59. The third-order valence-corrected chi connectivity index (χ3v) is 3.05. The highest BCUT2D eigenvalue weighted by atomic mass is 14.2. The maximum absolute atomic E-state index is 2.60. The summed E-state index contributed by atoms with van der Waals surface area (Å²) in [5, 5.41) is 0. The number of unbranched alkanes of at least 4 members (excludes halogenated alkanes) is 2. The Balaban J connectivity index is 3.55. The molecule has 2 unspecified atom stereocenters. The average molecular weight is 197 g/mol. The molecule has 0 N–H and O–H groups in total. The van der Waals surface area contributed by atoms with Crippen molar-refractivity contribution in [3.63, 3.8) is 0 Å². The van der Waals surface area contributed by atoms with Gasteiger partial charge >= 0.3 is 0 Å². The van der Waals surface area contributed by atoms with Crippen molar-refractivity contribution in [2.45, 2.75) is 72.6 Å². The third-order valence-electron chi connectivity index (χ3n) is 3.05. The van der Waals surface area contributed by atoms with Crippen LogP contribution >= 0.6 is 0 Å². The molecule has 85 valence electrons. The lowest BCUT2D eigenvalue weighted by atomic mass is 9.87. The Morgan fingerprint density at radius 2 is 1.64 bits per heavy atom. The van der Waals surface area contributed by atoms with E-state index in [0.29, 0.717) is 0 Å². The van der Waals surface area contributed by atoms with Gasteiger partial charge in [-0.05, 0) is 18.3 Å². The maximum atomic E-state index is 2.60. The summed E-state index contributed by atoms with van der Waals surface area (Å²) in [5.74, 6) is 1.70. The van der Waals surface area contributed by atoms with Crippen LogP contribution in [0.4, 0.5) is 0 Å². The minimum Gasteiger partial charge on any atom is -0.0654 e. The van der Waals surface area contributed by atoms with Crippen molar-refractivity contribution < 1.29 is 0 Å². The van der Waals surface area contributed by atoms with Crippen molar-refractivity contribution in [2.75, 3.05) is 0 Å². The van der Waals surface area contributed by atoms with Crippen LogP contribution in [0.25, 0.3) is 0 Å². The van der Waals surface area contributed by atoms with Gasteiger partial charge in [-0.3, -0.25) is 0 Å². The summed E-state index contributed by atoms with van der Waals surface area (Å²) in [7, 11) is 0. The fraction of sp³-hybridized carbons (Fsp3) is 0.929. The van der Waals surface area contributed by atoms with Gasteiger partial charge in [0.1, 0.15) is 0 Å². The van der Waals surface area contributed by atoms with E-state index in [4.69, 9.17) is 0 Å². The lowest BCUT2D eigenvalue weighted by molar-refractivity contribution is 0.434. The Morgan fingerprint density at radius 1 is 0.929 bits per heavy atom. The van der Waals surface area contributed by atoms with E-state index in [2.05, 4.69) is 34.1 Å². The zero-order chi connectivity index (χ0) is 10.8. The van der Waals surface area contributed by atoms with Gasteiger partial charge in [0.25, 0.3) is 0 Å². The van der Waals surface area contributed by atoms with Crippen molar-refractivity contribution in [3.05, 3.63) is 6.42 Å². The van der Waals surface area contributed by atoms with Crippen LogP contribution in [-0.4, -0.2) is 0 Å². The first-order valence-corrected chi connectivity index (χ1v) is 6.59. The second-order valence-electron chi connectivity index (χ2n) is 4.62. The van der Waals surface area contributed by atoms with E-state index in [9.17, 15) is 0 Å². The van der Waals surface area contributed by atoms with Crippen molar-refractivity contribution in [3.8, 4) is 0 Å². The molecule has 0 rings (SSSR count). The van der Waals surface area contributed by atoms with E-state index < -0.39 is 0 Å². The van der Waals surface area contributed by atoms with Gasteiger partial charge in [-0.1, -0.05) is 72.6 Å². The van der Waals surface area contributed by atoms with Crippen molar-refractivity contribution in [1.29, 1.82) is 0 Å². The molecule has 0 aliphatic heterocycles. The highest BCUT2D eigenvalue weighted by Crippen LogP contribution is 2.23. The van der Waals surface area contributed by atoms with E-state index >= 15 is 0 Å². The zero-order valence-corrected chi connectivity index (χ0v) is 10.7. The second kappa shape index (κ2) is 9.55. The summed E-state index contributed by atoms with van der Waals surface area (Å²) in [6.45, 7) is 9.25. The lowest BCUT2D eigenvalue weighted by Crippen LogP contribution is -2.07. The monoisotopic (exact) mass is 197 g/mol. The maximum Gasteiger partial charge on any atom is -0.0327 e. The van der Waals surface area contributed by atoms with Crippen LogP contribution in [-0.2, 0) is 0 Å². The molecule has 0 aliphatic rings. The molecule has 14 heavy (non-hydrogen) atoms. The molecular weight excluding hydrogens is 168 g/mol. The van der Waals surface area contributed by atoms with Crippen molar-refractivity contribution >= 4 is 0 Å². The number of hydrogen-bond donors (Lipinski definition) is 0. The Morgan fingerprint density at radius 3 is 2.14 bits per heavy atom. The molecule has 0 spiro atoms. The van der Waals surface area contributed by atoms with Crippen LogP contribution in [0.15, 0.2) is 0 Å². The van der Waals surface area contributed by atoms with Crippen LogP contribution in [0, 0.1) is 18.3 Å². The summed E-state index contributed by atoms with van der Waals surface area (Å²) in [5.41, 5.74) is 0. The largest absolute Gasteiger partial charge is 0.0654 e. The molecule has 0 aromatic carbocycles. The summed E-state index contributed by atoms with van der Waals surface area (Å²) >= 11 is 0. The minimum atomic E-state index is 0.826. The molecular formula is C14H29. The second-order valence-corrected chi connectivity index (χ2v) is 4.62. The fourth-order valence-electron chi connectivity index (χ4n) is 2.11. The Labute approximate surface area is 91.5 Å². The number of rotatable bonds is 9. The summed E-state index contributed by atoms with van der Waals surface area (Å²) in [4.78, 5) is 0. The SMILES string of the molecule is CCCCCC([CH]C(C)CCC)CC. The zero-order valence-electron chi connectivity index (χ0n) is 10.7. The van der Waals surface area contributed by atoms with Gasteiger partial charge in [0.05, 0.1) is 0 Å². The van der Waals surface area contributed by atoms with E-state index in [1.54, 1.807) is 0 Å². The molecule has 0 bridgehead atoms. The van der Waals surface area contributed by atoms with Gasteiger partial charge in [-0.2, -0.15) is 0 Å². The highest BCUT2D eigenvalue weighted by Gasteiger charge is 2.10. The molecule has 0 aromatic heterocycles. The van der Waals surface area contributed by atoms with Gasteiger partial charge in [0, 0.05) is 0 Å². The molecule has 0 amide bonds. The molecule has 0 saturated heterocycles. The third kappa shape index (κ3) is 7.41. The molecule has 0 saturated carbocycles. The summed E-state index contributed by atoms with van der Waals surface area (Å²) in [6.07, 6.45) is 12.2. The molecule has 0 heterocycles. The van der Waals surface area contributed by atoms with E-state index in [0.717, 1.165) is 11.8 Å². The van der Waals surface area contributed by atoms with E-state index in [-0.39, 0.29) is 0 Å². The first kappa shape index (κ1) is 14.0. The van der Waals surface area contributed by atoms with Gasteiger partial charge in [-0.25, -0.2) is 0 Å². The Kier molecular flexibility index (Phi) is 9.55. The lowest BCUT2D eigenvalue weighted by Gasteiger charge is -2.18. The topological polar surface area (TPSA) is 0 Å². The Hall–Kier alpha value is 0.